The Kier molecular flexibility index (Phi) is 5.73. The molecule has 8 heteroatoms. The fourth-order valence-corrected chi connectivity index (χ4v) is 4.33. The van der Waals surface area contributed by atoms with E-state index in [-0.39, 0.29) is 11.4 Å². The smallest absolute Gasteiger partial charge is 0.255 e. The van der Waals surface area contributed by atoms with Crippen LogP contribution in [0, 0.1) is 5.82 Å². The number of benzene rings is 1. The molecule has 0 saturated carbocycles. The molecule has 0 unspecified atom stereocenters. The Morgan fingerprint density at radius 1 is 1.00 bits per heavy atom. The van der Waals surface area contributed by atoms with E-state index in [1.54, 1.807) is 25.5 Å². The first-order valence-electron chi connectivity index (χ1n) is 11.2. The van der Waals surface area contributed by atoms with E-state index in [9.17, 15) is 9.18 Å². The lowest BCUT2D eigenvalue weighted by Gasteiger charge is -2.22. The number of nitrogens with zero attached hydrogens (tertiary/aromatic N) is 4. The summed E-state index contributed by atoms with van der Waals surface area (Å²) >= 11 is 0. The summed E-state index contributed by atoms with van der Waals surface area (Å²) in [5.74, 6) is 0.222. The first-order valence-corrected chi connectivity index (χ1v) is 11.2. The molecule has 0 spiro atoms. The molecular formula is C25H25FN6O. The number of aryl methyl sites for hydroxylation is 1. The highest BCUT2D eigenvalue weighted by Gasteiger charge is 2.18. The number of aromatic nitrogens is 4. The Bertz CT molecular complexity index is 1370. The largest absolute Gasteiger partial charge is 0.382 e. The Hall–Kier alpha value is -3.81. The standard InChI is InChI=1S/C25H25FN6O/c1-32-23(33)15-21(16-8-10-27-11-9-16)31-25(32)29-13-12-28-24-18-4-2-3-5-20(18)30-22-14-17(26)6-7-19(22)24/h6-11,14-15H,2-5,12-13H2,1H3,(H,28,30)(H,29,31). The molecule has 2 N–H and O–H groups in total. The molecule has 0 saturated heterocycles. The average molecular weight is 445 g/mol. The van der Waals surface area contributed by atoms with Crippen molar-refractivity contribution >= 4 is 22.5 Å². The number of rotatable bonds is 6. The van der Waals surface area contributed by atoms with Crippen molar-refractivity contribution in [1.82, 2.24) is 19.5 Å². The number of fused-ring (bicyclic) bond motifs is 2. The number of hydrogen-bond acceptors (Lipinski definition) is 6. The van der Waals surface area contributed by atoms with Gasteiger partial charge in [0.05, 0.1) is 11.2 Å². The molecule has 7 nitrogen and oxygen atoms in total. The first kappa shape index (κ1) is 21.1. The SMILES string of the molecule is Cn1c(NCCNc2c3c(nc4cc(F)ccc24)CCCC3)nc(-c2ccncc2)cc1=O. The van der Waals surface area contributed by atoms with Crippen LogP contribution < -0.4 is 16.2 Å². The molecule has 1 aromatic carbocycles. The van der Waals surface area contributed by atoms with E-state index >= 15 is 0 Å². The van der Waals surface area contributed by atoms with Crippen LogP contribution in [0.4, 0.5) is 16.0 Å². The average Bonchev–Trinajstić information content (AvgIpc) is 2.83. The maximum Gasteiger partial charge on any atom is 0.255 e. The fraction of sp³-hybridized carbons (Fsp3) is 0.280. The second-order valence-electron chi connectivity index (χ2n) is 8.23. The zero-order chi connectivity index (χ0) is 22.8. The van der Waals surface area contributed by atoms with E-state index < -0.39 is 0 Å². The summed E-state index contributed by atoms with van der Waals surface area (Å²) in [4.78, 5) is 25.8. The highest BCUT2D eigenvalue weighted by atomic mass is 19.1. The maximum absolute atomic E-state index is 13.8. The van der Waals surface area contributed by atoms with Crippen LogP contribution in [0.3, 0.4) is 0 Å². The molecular weight excluding hydrogens is 419 g/mol. The Morgan fingerprint density at radius 3 is 2.64 bits per heavy atom. The van der Waals surface area contributed by atoms with Gasteiger partial charge in [0.25, 0.3) is 5.56 Å². The third-order valence-electron chi connectivity index (χ3n) is 6.05. The van der Waals surface area contributed by atoms with Crippen molar-refractivity contribution < 1.29 is 4.39 Å². The number of anilines is 2. The van der Waals surface area contributed by atoms with Gasteiger partial charge in [-0.3, -0.25) is 19.3 Å². The topological polar surface area (TPSA) is 84.7 Å². The minimum atomic E-state index is -0.278. The molecule has 0 radical (unpaired) electrons. The van der Waals surface area contributed by atoms with Crippen molar-refractivity contribution in [3.05, 3.63) is 76.2 Å². The molecule has 1 aliphatic rings. The summed E-state index contributed by atoms with van der Waals surface area (Å²) in [6.45, 7) is 1.16. The Morgan fingerprint density at radius 2 is 1.79 bits per heavy atom. The van der Waals surface area contributed by atoms with E-state index in [4.69, 9.17) is 4.98 Å². The van der Waals surface area contributed by atoms with Crippen LogP contribution in [-0.4, -0.2) is 32.6 Å². The van der Waals surface area contributed by atoms with Crippen molar-refractivity contribution in [3.8, 4) is 11.3 Å². The quantitative estimate of drug-likeness (QED) is 0.439. The van der Waals surface area contributed by atoms with Gasteiger partial charge in [0.1, 0.15) is 5.82 Å². The van der Waals surface area contributed by atoms with Gasteiger partial charge in [-0.25, -0.2) is 9.37 Å². The van der Waals surface area contributed by atoms with Crippen molar-refractivity contribution in [2.45, 2.75) is 25.7 Å². The highest BCUT2D eigenvalue weighted by Crippen LogP contribution is 2.33. The minimum Gasteiger partial charge on any atom is -0.382 e. The van der Waals surface area contributed by atoms with Crippen molar-refractivity contribution in [2.24, 2.45) is 7.05 Å². The summed E-state index contributed by atoms with van der Waals surface area (Å²) in [6, 6.07) is 9.95. The maximum atomic E-state index is 13.8. The van der Waals surface area contributed by atoms with Gasteiger partial charge >= 0.3 is 0 Å². The molecule has 168 valence electrons. The molecule has 3 aromatic heterocycles. The van der Waals surface area contributed by atoms with Gasteiger partial charge in [0.2, 0.25) is 5.95 Å². The third kappa shape index (κ3) is 4.28. The van der Waals surface area contributed by atoms with Gasteiger partial charge in [-0.1, -0.05) is 0 Å². The monoisotopic (exact) mass is 444 g/mol. The zero-order valence-electron chi connectivity index (χ0n) is 18.4. The van der Waals surface area contributed by atoms with Gasteiger partial charge in [0.15, 0.2) is 0 Å². The van der Waals surface area contributed by atoms with Crippen LogP contribution >= 0.6 is 0 Å². The number of halogens is 1. The van der Waals surface area contributed by atoms with Gasteiger partial charge in [0, 0.05) is 67.0 Å². The van der Waals surface area contributed by atoms with Crippen molar-refractivity contribution in [1.29, 1.82) is 0 Å². The molecule has 0 atom stereocenters. The Labute approximate surface area is 190 Å². The van der Waals surface area contributed by atoms with Crippen LogP contribution in [0.1, 0.15) is 24.1 Å². The summed E-state index contributed by atoms with van der Waals surface area (Å²) in [5.41, 5.74) is 5.31. The third-order valence-corrected chi connectivity index (χ3v) is 6.05. The molecule has 4 aromatic rings. The van der Waals surface area contributed by atoms with Crippen LogP contribution in [-0.2, 0) is 19.9 Å². The lowest BCUT2D eigenvalue weighted by molar-refractivity contribution is 0.628. The van der Waals surface area contributed by atoms with Crippen LogP contribution in [0.5, 0.6) is 0 Å². The van der Waals surface area contributed by atoms with Crippen LogP contribution in [0.25, 0.3) is 22.2 Å². The molecule has 1 aliphatic carbocycles. The van der Waals surface area contributed by atoms with E-state index in [0.29, 0.717) is 30.2 Å². The molecule has 0 bridgehead atoms. The molecule has 33 heavy (non-hydrogen) atoms. The predicted octanol–water partition coefficient (Wildman–Crippen LogP) is 3.93. The fourth-order valence-electron chi connectivity index (χ4n) is 4.33. The van der Waals surface area contributed by atoms with Crippen LogP contribution in [0.15, 0.2) is 53.6 Å². The minimum absolute atomic E-state index is 0.136. The van der Waals surface area contributed by atoms with E-state index in [0.717, 1.165) is 48.0 Å². The summed E-state index contributed by atoms with van der Waals surface area (Å²) < 4.78 is 15.3. The normalized spacial score (nSPS) is 13.0. The number of nitrogens with one attached hydrogen (secondary N) is 2. The Balaban J connectivity index is 1.36. The van der Waals surface area contributed by atoms with Gasteiger partial charge < -0.3 is 10.6 Å². The van der Waals surface area contributed by atoms with Gasteiger partial charge in [-0.15, -0.1) is 0 Å². The number of hydrogen-bond donors (Lipinski definition) is 2. The lowest BCUT2D eigenvalue weighted by Crippen LogP contribution is -2.24. The lowest BCUT2D eigenvalue weighted by atomic mass is 9.92. The molecule has 0 amide bonds. The van der Waals surface area contributed by atoms with Crippen LogP contribution in [0.2, 0.25) is 0 Å². The number of pyridine rings is 2. The predicted molar refractivity (Wildman–Crippen MR) is 128 cm³/mol. The van der Waals surface area contributed by atoms with E-state index in [1.807, 2.05) is 12.1 Å². The van der Waals surface area contributed by atoms with Gasteiger partial charge in [-0.05, 0) is 55.5 Å². The molecule has 3 heterocycles. The van der Waals surface area contributed by atoms with E-state index in [1.165, 1.54) is 28.3 Å². The van der Waals surface area contributed by atoms with E-state index in [2.05, 4.69) is 20.6 Å². The highest BCUT2D eigenvalue weighted by molar-refractivity contribution is 5.93. The second kappa shape index (κ2) is 8.97. The molecule has 0 fully saturated rings. The second-order valence-corrected chi connectivity index (χ2v) is 8.23. The summed E-state index contributed by atoms with van der Waals surface area (Å²) in [5, 5.41) is 7.74. The summed E-state index contributed by atoms with van der Waals surface area (Å²) in [7, 11) is 1.70. The zero-order valence-corrected chi connectivity index (χ0v) is 18.4. The first-order chi connectivity index (χ1) is 16.1. The van der Waals surface area contributed by atoms with Crippen molar-refractivity contribution in [2.75, 3.05) is 23.7 Å². The molecule has 0 aliphatic heterocycles. The molecule has 5 rings (SSSR count). The van der Waals surface area contributed by atoms with Crippen molar-refractivity contribution in [3.63, 3.8) is 0 Å². The van der Waals surface area contributed by atoms with Gasteiger partial charge in [-0.2, -0.15) is 0 Å². The summed E-state index contributed by atoms with van der Waals surface area (Å²) in [6.07, 6.45) is 7.48.